The average Bonchev–Trinajstić information content (AvgIpc) is 2.89. The SMILES string of the molecule is O=C(O)c1ccc(N2C(=O)SC(=Cc3ccccc3[N+](=O)[O-])C2=O)cc1. The van der Waals surface area contributed by atoms with E-state index >= 15 is 0 Å². The lowest BCUT2D eigenvalue weighted by molar-refractivity contribution is -0.385. The molecule has 26 heavy (non-hydrogen) atoms. The van der Waals surface area contributed by atoms with Crippen LogP contribution in [0.2, 0.25) is 0 Å². The smallest absolute Gasteiger partial charge is 0.335 e. The van der Waals surface area contributed by atoms with Crippen molar-refractivity contribution in [2.45, 2.75) is 0 Å². The number of hydrogen-bond donors (Lipinski definition) is 1. The number of aromatic carboxylic acids is 1. The van der Waals surface area contributed by atoms with Crippen molar-refractivity contribution >= 4 is 46.3 Å². The molecule has 1 fully saturated rings. The topological polar surface area (TPSA) is 118 Å². The highest BCUT2D eigenvalue weighted by molar-refractivity contribution is 8.19. The molecule has 9 heteroatoms. The number of carbonyl (C=O) groups is 3. The molecule has 0 bridgehead atoms. The summed E-state index contributed by atoms with van der Waals surface area (Å²) in [6.45, 7) is 0. The quantitative estimate of drug-likeness (QED) is 0.497. The lowest BCUT2D eigenvalue weighted by Crippen LogP contribution is -2.27. The third kappa shape index (κ3) is 3.20. The number of anilines is 1. The summed E-state index contributed by atoms with van der Waals surface area (Å²) < 4.78 is 0. The molecule has 1 aliphatic rings. The first-order valence-corrected chi connectivity index (χ1v) is 8.05. The molecule has 0 atom stereocenters. The number of benzene rings is 2. The predicted octanol–water partition coefficient (Wildman–Crippen LogP) is 3.53. The number of hydrogen-bond acceptors (Lipinski definition) is 6. The third-order valence-corrected chi connectivity index (χ3v) is 4.46. The molecule has 2 aromatic carbocycles. The Morgan fingerprint density at radius 2 is 1.77 bits per heavy atom. The fourth-order valence-corrected chi connectivity index (χ4v) is 3.19. The molecule has 0 spiro atoms. The molecule has 8 nitrogen and oxygen atoms in total. The summed E-state index contributed by atoms with van der Waals surface area (Å²) in [6.07, 6.45) is 1.30. The number of imide groups is 1. The second kappa shape index (κ2) is 6.81. The molecule has 0 saturated carbocycles. The molecule has 0 radical (unpaired) electrons. The second-order valence-electron chi connectivity index (χ2n) is 5.19. The van der Waals surface area contributed by atoms with Crippen LogP contribution in [0.5, 0.6) is 0 Å². The van der Waals surface area contributed by atoms with Crippen LogP contribution in [-0.2, 0) is 4.79 Å². The molecule has 1 saturated heterocycles. The molecule has 130 valence electrons. The number of carbonyl (C=O) groups excluding carboxylic acids is 2. The first-order chi connectivity index (χ1) is 12.4. The van der Waals surface area contributed by atoms with Gasteiger partial charge in [-0.05, 0) is 48.2 Å². The number of nitrogens with zero attached hydrogens (tertiary/aromatic N) is 2. The van der Waals surface area contributed by atoms with E-state index in [9.17, 15) is 24.5 Å². The second-order valence-corrected chi connectivity index (χ2v) is 6.18. The maximum atomic E-state index is 12.6. The molecule has 1 aliphatic heterocycles. The minimum atomic E-state index is -1.12. The number of nitro groups is 1. The number of carboxylic acids is 1. The zero-order valence-corrected chi connectivity index (χ0v) is 13.8. The Hall–Kier alpha value is -3.46. The zero-order chi connectivity index (χ0) is 18.8. The van der Waals surface area contributed by atoms with Crippen LogP contribution in [0.3, 0.4) is 0 Å². The maximum absolute atomic E-state index is 12.6. The van der Waals surface area contributed by atoms with Crippen molar-refractivity contribution in [2.75, 3.05) is 4.90 Å². The largest absolute Gasteiger partial charge is 0.478 e. The fourth-order valence-electron chi connectivity index (χ4n) is 2.36. The van der Waals surface area contributed by atoms with Crippen LogP contribution >= 0.6 is 11.8 Å². The van der Waals surface area contributed by atoms with Crippen molar-refractivity contribution in [1.82, 2.24) is 0 Å². The van der Waals surface area contributed by atoms with E-state index in [0.29, 0.717) is 11.8 Å². The number of nitro benzene ring substituents is 1. The van der Waals surface area contributed by atoms with Gasteiger partial charge in [-0.15, -0.1) is 0 Å². The summed E-state index contributed by atoms with van der Waals surface area (Å²) in [6, 6.07) is 11.2. The molecule has 2 amide bonds. The van der Waals surface area contributed by atoms with E-state index in [0.717, 1.165) is 4.90 Å². The third-order valence-electron chi connectivity index (χ3n) is 3.59. The van der Waals surface area contributed by atoms with Crippen LogP contribution in [0.4, 0.5) is 16.2 Å². The molecule has 2 aromatic rings. The number of amides is 2. The van der Waals surface area contributed by atoms with E-state index in [1.165, 1.54) is 48.5 Å². The lowest BCUT2D eigenvalue weighted by Gasteiger charge is -2.12. The van der Waals surface area contributed by atoms with Crippen LogP contribution in [0.15, 0.2) is 53.4 Å². The van der Waals surface area contributed by atoms with Gasteiger partial charge in [0.2, 0.25) is 0 Å². The van der Waals surface area contributed by atoms with Gasteiger partial charge >= 0.3 is 5.97 Å². The standard InChI is InChI=1S/C17H10N2O6S/c20-15-14(9-11-3-1-2-4-13(11)19(24)25)26-17(23)18(15)12-7-5-10(6-8-12)16(21)22/h1-9H,(H,21,22). The Kier molecular flexibility index (Phi) is 4.55. The number of thioether (sulfide) groups is 1. The average molecular weight is 370 g/mol. The van der Waals surface area contributed by atoms with Gasteiger partial charge in [0.15, 0.2) is 0 Å². The van der Waals surface area contributed by atoms with E-state index in [4.69, 9.17) is 5.11 Å². The Labute approximate surface area is 150 Å². The predicted molar refractivity (Wildman–Crippen MR) is 94.9 cm³/mol. The van der Waals surface area contributed by atoms with Gasteiger partial charge in [-0.1, -0.05) is 12.1 Å². The summed E-state index contributed by atoms with van der Waals surface area (Å²) in [5.74, 6) is -1.75. The van der Waals surface area contributed by atoms with E-state index in [2.05, 4.69) is 0 Å². The first kappa shape index (κ1) is 17.4. The molecule has 3 rings (SSSR count). The molecule has 1 N–H and O–H groups in total. The maximum Gasteiger partial charge on any atom is 0.335 e. The minimum Gasteiger partial charge on any atom is -0.478 e. The van der Waals surface area contributed by atoms with E-state index in [1.54, 1.807) is 6.07 Å². The lowest BCUT2D eigenvalue weighted by atomic mass is 10.1. The Balaban J connectivity index is 1.94. The number of rotatable bonds is 4. The summed E-state index contributed by atoms with van der Waals surface area (Å²) in [5.41, 5.74) is 0.286. The molecule has 0 aromatic heterocycles. The molecule has 1 heterocycles. The Morgan fingerprint density at radius 1 is 1.12 bits per heavy atom. The highest BCUT2D eigenvalue weighted by Crippen LogP contribution is 2.36. The van der Waals surface area contributed by atoms with Gasteiger partial charge < -0.3 is 5.11 Å². The van der Waals surface area contributed by atoms with Crippen LogP contribution < -0.4 is 4.90 Å². The number of para-hydroxylation sites is 1. The summed E-state index contributed by atoms with van der Waals surface area (Å²) in [5, 5.41) is 19.4. The van der Waals surface area contributed by atoms with Gasteiger partial charge in [-0.25, -0.2) is 9.69 Å². The molecular formula is C17H10N2O6S. The van der Waals surface area contributed by atoms with Gasteiger partial charge in [0.05, 0.1) is 26.6 Å². The molecule has 0 aliphatic carbocycles. The Morgan fingerprint density at radius 3 is 2.38 bits per heavy atom. The molecule has 0 unspecified atom stereocenters. The van der Waals surface area contributed by atoms with E-state index in [-0.39, 0.29) is 27.4 Å². The Bertz CT molecular complexity index is 967. The van der Waals surface area contributed by atoms with Crippen LogP contribution in [-0.4, -0.2) is 27.1 Å². The van der Waals surface area contributed by atoms with E-state index < -0.39 is 22.0 Å². The van der Waals surface area contributed by atoms with Crippen molar-refractivity contribution in [1.29, 1.82) is 0 Å². The zero-order valence-electron chi connectivity index (χ0n) is 13.0. The van der Waals surface area contributed by atoms with Crippen LogP contribution in [0.1, 0.15) is 15.9 Å². The van der Waals surface area contributed by atoms with Gasteiger partial charge in [-0.2, -0.15) is 0 Å². The van der Waals surface area contributed by atoms with Crippen molar-refractivity contribution < 1.29 is 24.4 Å². The van der Waals surface area contributed by atoms with Crippen LogP contribution in [0.25, 0.3) is 6.08 Å². The van der Waals surface area contributed by atoms with Crippen molar-refractivity contribution in [3.05, 3.63) is 74.7 Å². The van der Waals surface area contributed by atoms with E-state index in [1.807, 2.05) is 0 Å². The van der Waals surface area contributed by atoms with Gasteiger partial charge in [0.1, 0.15) is 0 Å². The highest BCUT2D eigenvalue weighted by atomic mass is 32.2. The fraction of sp³-hybridized carbons (Fsp3) is 0. The van der Waals surface area contributed by atoms with Crippen molar-refractivity contribution in [3.63, 3.8) is 0 Å². The minimum absolute atomic E-state index is 0.0242. The van der Waals surface area contributed by atoms with Gasteiger partial charge in [0, 0.05) is 6.07 Å². The monoisotopic (exact) mass is 370 g/mol. The molecular weight excluding hydrogens is 360 g/mol. The van der Waals surface area contributed by atoms with Crippen molar-refractivity contribution in [2.24, 2.45) is 0 Å². The summed E-state index contributed by atoms with van der Waals surface area (Å²) >= 11 is 0.662. The normalized spacial score (nSPS) is 15.5. The van der Waals surface area contributed by atoms with Gasteiger partial charge in [-0.3, -0.25) is 19.7 Å². The summed E-state index contributed by atoms with van der Waals surface area (Å²) in [7, 11) is 0. The highest BCUT2D eigenvalue weighted by Gasteiger charge is 2.36. The number of carboxylic acid groups (broad SMARTS) is 1. The van der Waals surface area contributed by atoms with Crippen LogP contribution in [0, 0.1) is 10.1 Å². The van der Waals surface area contributed by atoms with Crippen molar-refractivity contribution in [3.8, 4) is 0 Å². The van der Waals surface area contributed by atoms with Gasteiger partial charge in [0.25, 0.3) is 16.8 Å². The first-order valence-electron chi connectivity index (χ1n) is 7.23. The summed E-state index contributed by atoms with van der Waals surface area (Å²) in [4.78, 5) is 47.1.